The molecular formula is C16H15F3N2O3. The Morgan fingerprint density at radius 2 is 1.96 bits per heavy atom. The summed E-state index contributed by atoms with van der Waals surface area (Å²) in [6.45, 7) is 0.967. The summed E-state index contributed by atoms with van der Waals surface area (Å²) in [4.78, 5) is 23.7. The van der Waals surface area contributed by atoms with Gasteiger partial charge in [0.2, 0.25) is 5.91 Å². The van der Waals surface area contributed by atoms with Gasteiger partial charge in [0, 0.05) is 18.0 Å². The van der Waals surface area contributed by atoms with Gasteiger partial charge in [-0.3, -0.25) is 9.59 Å². The molecule has 1 heterocycles. The normalized spacial score (nSPS) is 11.4. The number of hydrogen-bond acceptors (Lipinski definition) is 3. The van der Waals surface area contributed by atoms with Gasteiger partial charge in [0.25, 0.3) is 5.56 Å². The molecule has 0 atom stereocenters. The van der Waals surface area contributed by atoms with Gasteiger partial charge in [-0.2, -0.15) is 13.2 Å². The van der Waals surface area contributed by atoms with Crippen LogP contribution in [0.1, 0.15) is 16.7 Å². The highest BCUT2D eigenvalue weighted by molar-refractivity contribution is 5.91. The zero-order valence-corrected chi connectivity index (χ0v) is 12.7. The highest BCUT2D eigenvalue weighted by Crippen LogP contribution is 2.28. The van der Waals surface area contributed by atoms with Crippen LogP contribution in [0, 0.1) is 6.92 Å². The maximum Gasteiger partial charge on any atom is 0.417 e. The lowest BCUT2D eigenvalue weighted by molar-refractivity contribution is -0.138. The third-order valence-electron chi connectivity index (χ3n) is 3.38. The summed E-state index contributed by atoms with van der Waals surface area (Å²) >= 11 is 0. The van der Waals surface area contributed by atoms with Crippen molar-refractivity contribution in [1.29, 1.82) is 0 Å². The van der Waals surface area contributed by atoms with Crippen LogP contribution in [-0.4, -0.2) is 15.6 Å². The van der Waals surface area contributed by atoms with Crippen LogP contribution in [0.25, 0.3) is 0 Å². The van der Waals surface area contributed by atoms with E-state index >= 15 is 0 Å². The van der Waals surface area contributed by atoms with Crippen molar-refractivity contribution in [3.05, 3.63) is 63.6 Å². The van der Waals surface area contributed by atoms with E-state index in [0.29, 0.717) is 28.1 Å². The summed E-state index contributed by atoms with van der Waals surface area (Å²) in [6.07, 6.45) is -3.99. The first-order valence-electron chi connectivity index (χ1n) is 6.98. The molecule has 0 radical (unpaired) electrons. The Morgan fingerprint density at radius 3 is 2.58 bits per heavy atom. The minimum atomic E-state index is -4.60. The fraction of sp³-hybridized carbons (Fsp3) is 0.250. The summed E-state index contributed by atoms with van der Waals surface area (Å²) < 4.78 is 38.7. The molecule has 0 fully saturated rings. The Kier molecular flexibility index (Phi) is 5.08. The number of carbonyl (C=O) groups is 1. The van der Waals surface area contributed by atoms with Gasteiger partial charge in [0.15, 0.2) is 0 Å². The third-order valence-corrected chi connectivity index (χ3v) is 3.38. The second-order valence-electron chi connectivity index (χ2n) is 5.24. The van der Waals surface area contributed by atoms with E-state index in [2.05, 4.69) is 5.32 Å². The molecule has 5 nitrogen and oxygen atoms in total. The van der Waals surface area contributed by atoms with Gasteiger partial charge in [-0.25, -0.2) is 0 Å². The summed E-state index contributed by atoms with van der Waals surface area (Å²) in [5, 5.41) is 11.6. The molecule has 0 aliphatic carbocycles. The Morgan fingerprint density at radius 1 is 1.25 bits per heavy atom. The molecule has 0 bridgehead atoms. The minimum Gasteiger partial charge on any atom is -0.392 e. The molecule has 0 aliphatic rings. The molecule has 1 aromatic heterocycles. The van der Waals surface area contributed by atoms with Gasteiger partial charge in [-0.15, -0.1) is 0 Å². The number of nitrogens with one attached hydrogen (secondary N) is 1. The average molecular weight is 340 g/mol. The molecule has 8 heteroatoms. The molecule has 24 heavy (non-hydrogen) atoms. The van der Waals surface area contributed by atoms with Crippen LogP contribution in [0.3, 0.4) is 0 Å². The first kappa shape index (κ1) is 17.7. The Bertz CT molecular complexity index is 813. The molecule has 0 saturated heterocycles. The second kappa shape index (κ2) is 6.88. The zero-order valence-electron chi connectivity index (χ0n) is 12.7. The SMILES string of the molecule is Cc1ccc(CO)cc1NC(=O)Cn1cc(C(F)(F)F)ccc1=O. The first-order valence-corrected chi connectivity index (χ1v) is 6.98. The van der Waals surface area contributed by atoms with Gasteiger partial charge in [0.1, 0.15) is 6.54 Å². The van der Waals surface area contributed by atoms with Crippen LogP contribution in [0.5, 0.6) is 0 Å². The number of anilines is 1. The Balaban J connectivity index is 2.20. The number of carbonyl (C=O) groups excluding carboxylic acids is 1. The standard InChI is InChI=1S/C16H15F3N2O3/c1-10-2-3-11(9-22)6-13(10)20-14(23)8-21-7-12(16(17,18)19)4-5-15(21)24/h2-7,22H,8-9H2,1H3,(H,20,23). The molecule has 1 aromatic carbocycles. The van der Waals surface area contributed by atoms with E-state index < -0.39 is 29.8 Å². The number of benzene rings is 1. The van der Waals surface area contributed by atoms with E-state index in [1.165, 1.54) is 0 Å². The molecule has 1 amide bonds. The molecule has 0 spiro atoms. The average Bonchev–Trinajstić information content (AvgIpc) is 2.50. The summed E-state index contributed by atoms with van der Waals surface area (Å²) in [6, 6.07) is 6.38. The van der Waals surface area contributed by atoms with E-state index in [0.717, 1.165) is 11.6 Å². The number of pyridine rings is 1. The number of amides is 1. The van der Waals surface area contributed by atoms with Crippen LogP contribution in [0.2, 0.25) is 0 Å². The summed E-state index contributed by atoms with van der Waals surface area (Å²) in [5.74, 6) is -0.644. The lowest BCUT2D eigenvalue weighted by Crippen LogP contribution is -2.28. The smallest absolute Gasteiger partial charge is 0.392 e. The highest BCUT2D eigenvalue weighted by Gasteiger charge is 2.31. The quantitative estimate of drug-likeness (QED) is 0.897. The van der Waals surface area contributed by atoms with Crippen LogP contribution >= 0.6 is 0 Å². The van der Waals surface area contributed by atoms with E-state index in [-0.39, 0.29) is 6.61 Å². The van der Waals surface area contributed by atoms with Gasteiger partial charge in [-0.05, 0) is 30.2 Å². The van der Waals surface area contributed by atoms with Crippen LogP contribution in [0.4, 0.5) is 18.9 Å². The number of aromatic nitrogens is 1. The van der Waals surface area contributed by atoms with Crippen molar-refractivity contribution in [3.8, 4) is 0 Å². The van der Waals surface area contributed by atoms with E-state index in [1.807, 2.05) is 0 Å². The largest absolute Gasteiger partial charge is 0.417 e. The van der Waals surface area contributed by atoms with Gasteiger partial charge in [-0.1, -0.05) is 12.1 Å². The fourth-order valence-electron chi connectivity index (χ4n) is 2.07. The molecule has 2 rings (SSSR count). The number of nitrogens with zero attached hydrogens (tertiary/aromatic N) is 1. The van der Waals surface area contributed by atoms with Gasteiger partial charge < -0.3 is 15.0 Å². The molecule has 0 saturated carbocycles. The highest BCUT2D eigenvalue weighted by atomic mass is 19.4. The summed E-state index contributed by atoms with van der Waals surface area (Å²) in [7, 11) is 0. The first-order chi connectivity index (χ1) is 11.2. The van der Waals surface area contributed by atoms with E-state index in [4.69, 9.17) is 5.11 Å². The molecule has 0 aliphatic heterocycles. The molecular weight excluding hydrogens is 325 g/mol. The number of alkyl halides is 3. The minimum absolute atomic E-state index is 0.212. The van der Waals surface area contributed by atoms with Crippen molar-refractivity contribution < 1.29 is 23.1 Å². The van der Waals surface area contributed by atoms with Gasteiger partial charge in [0.05, 0.1) is 12.2 Å². The Labute approximate surface area is 135 Å². The van der Waals surface area contributed by atoms with Crippen LogP contribution in [-0.2, 0) is 24.1 Å². The van der Waals surface area contributed by atoms with Crippen molar-refractivity contribution in [2.75, 3.05) is 5.32 Å². The van der Waals surface area contributed by atoms with Crippen molar-refractivity contribution >= 4 is 11.6 Å². The van der Waals surface area contributed by atoms with E-state index in [9.17, 15) is 22.8 Å². The number of hydrogen-bond donors (Lipinski definition) is 2. The predicted octanol–water partition coefficient (Wildman–Crippen LogP) is 2.31. The van der Waals surface area contributed by atoms with Crippen molar-refractivity contribution in [2.24, 2.45) is 0 Å². The lowest BCUT2D eigenvalue weighted by atomic mass is 10.1. The van der Waals surface area contributed by atoms with Crippen LogP contribution < -0.4 is 10.9 Å². The van der Waals surface area contributed by atoms with Crippen molar-refractivity contribution in [2.45, 2.75) is 26.3 Å². The molecule has 0 unspecified atom stereocenters. The number of aryl methyl sites for hydroxylation is 1. The van der Waals surface area contributed by atoms with Crippen molar-refractivity contribution in [3.63, 3.8) is 0 Å². The third kappa shape index (κ3) is 4.23. The maximum atomic E-state index is 12.7. The molecule has 2 N–H and O–H groups in total. The monoisotopic (exact) mass is 340 g/mol. The maximum absolute atomic E-state index is 12.7. The van der Waals surface area contributed by atoms with E-state index in [1.54, 1.807) is 25.1 Å². The van der Waals surface area contributed by atoms with Gasteiger partial charge >= 0.3 is 6.18 Å². The zero-order chi connectivity index (χ0) is 17.9. The fourth-order valence-corrected chi connectivity index (χ4v) is 2.07. The Hall–Kier alpha value is -2.61. The molecule has 128 valence electrons. The molecule has 2 aromatic rings. The van der Waals surface area contributed by atoms with Crippen LogP contribution in [0.15, 0.2) is 41.3 Å². The predicted molar refractivity (Wildman–Crippen MR) is 81.4 cm³/mol. The topological polar surface area (TPSA) is 71.3 Å². The number of aliphatic hydroxyl groups is 1. The number of rotatable bonds is 4. The number of aliphatic hydroxyl groups excluding tert-OH is 1. The van der Waals surface area contributed by atoms with Crippen molar-refractivity contribution in [1.82, 2.24) is 4.57 Å². The summed E-state index contributed by atoms with van der Waals surface area (Å²) in [5.41, 5.74) is 0.00277. The number of halogens is 3. The second-order valence-corrected chi connectivity index (χ2v) is 5.24. The lowest BCUT2D eigenvalue weighted by Gasteiger charge is -2.12.